The minimum Gasteiger partial charge on any atom is -0.475 e. The molecule has 82 valence electrons. The van der Waals surface area contributed by atoms with Crippen molar-refractivity contribution >= 4 is 17.6 Å². The molecule has 0 atom stereocenters. The summed E-state index contributed by atoms with van der Waals surface area (Å²) in [7, 11) is 1.64. The van der Waals surface area contributed by atoms with Crippen LogP contribution in [0.3, 0.4) is 0 Å². The maximum Gasteiger partial charge on any atom is 0.372 e. The van der Waals surface area contributed by atoms with Crippen LogP contribution in [0.25, 0.3) is 11.3 Å². The number of carboxylic acid groups (broad SMARTS) is 1. The van der Waals surface area contributed by atoms with E-state index in [0.717, 1.165) is 5.56 Å². The van der Waals surface area contributed by atoms with Crippen LogP contribution in [0.5, 0.6) is 0 Å². The van der Waals surface area contributed by atoms with Crippen LogP contribution >= 0.6 is 11.6 Å². The molecule has 0 saturated heterocycles. The zero-order valence-electron chi connectivity index (χ0n) is 8.51. The molecule has 4 nitrogen and oxygen atoms in total. The van der Waals surface area contributed by atoms with E-state index in [-0.39, 0.29) is 5.82 Å². The van der Waals surface area contributed by atoms with Crippen molar-refractivity contribution in [3.8, 4) is 11.3 Å². The molecule has 0 aliphatic rings. The van der Waals surface area contributed by atoms with E-state index in [9.17, 15) is 4.79 Å². The van der Waals surface area contributed by atoms with Gasteiger partial charge >= 0.3 is 5.97 Å². The smallest absolute Gasteiger partial charge is 0.372 e. The number of aryl methyl sites for hydroxylation is 1. The van der Waals surface area contributed by atoms with E-state index in [1.54, 1.807) is 31.4 Å². The number of hydrogen-bond acceptors (Lipinski definition) is 2. The summed E-state index contributed by atoms with van der Waals surface area (Å²) >= 11 is 5.85. The molecule has 1 heterocycles. The lowest BCUT2D eigenvalue weighted by atomic mass is 10.2. The van der Waals surface area contributed by atoms with Crippen molar-refractivity contribution in [1.29, 1.82) is 0 Å². The van der Waals surface area contributed by atoms with E-state index >= 15 is 0 Å². The summed E-state index contributed by atoms with van der Waals surface area (Å²) in [6, 6.07) is 7.13. The predicted molar refractivity (Wildman–Crippen MR) is 60.6 cm³/mol. The molecule has 1 N–H and O–H groups in total. The summed E-state index contributed by atoms with van der Waals surface area (Å²) in [6.45, 7) is 0. The highest BCUT2D eigenvalue weighted by Crippen LogP contribution is 2.21. The Hall–Kier alpha value is -1.81. The van der Waals surface area contributed by atoms with E-state index in [2.05, 4.69) is 4.98 Å². The highest BCUT2D eigenvalue weighted by Gasteiger charge is 2.13. The van der Waals surface area contributed by atoms with Gasteiger partial charge in [-0.3, -0.25) is 0 Å². The minimum atomic E-state index is -1.05. The van der Waals surface area contributed by atoms with E-state index in [0.29, 0.717) is 10.7 Å². The number of carbonyl (C=O) groups is 1. The molecule has 0 fully saturated rings. The Morgan fingerprint density at radius 2 is 2.25 bits per heavy atom. The largest absolute Gasteiger partial charge is 0.475 e. The first kappa shape index (κ1) is 10.7. The minimum absolute atomic E-state index is 0.00924. The van der Waals surface area contributed by atoms with E-state index in [4.69, 9.17) is 16.7 Å². The lowest BCUT2D eigenvalue weighted by molar-refractivity contribution is 0.0680. The van der Waals surface area contributed by atoms with Gasteiger partial charge in [0.2, 0.25) is 5.82 Å². The van der Waals surface area contributed by atoms with Gasteiger partial charge in [0.05, 0.1) is 5.69 Å². The summed E-state index contributed by atoms with van der Waals surface area (Å²) in [5, 5.41) is 9.47. The Labute approximate surface area is 97.1 Å². The highest BCUT2D eigenvalue weighted by molar-refractivity contribution is 6.30. The standard InChI is InChI=1S/C11H9ClN2O2/c1-14-6-9(13-10(14)11(15)16)7-3-2-4-8(12)5-7/h2-6H,1H3,(H,15,16). The summed E-state index contributed by atoms with van der Waals surface area (Å²) in [5.74, 6) is -1.04. The maximum atomic E-state index is 10.8. The lowest BCUT2D eigenvalue weighted by Gasteiger charge is -1.95. The first-order chi connectivity index (χ1) is 7.58. The molecule has 0 bridgehead atoms. The highest BCUT2D eigenvalue weighted by atomic mass is 35.5. The molecule has 16 heavy (non-hydrogen) atoms. The fourth-order valence-corrected chi connectivity index (χ4v) is 1.64. The van der Waals surface area contributed by atoms with Crippen LogP contribution in [0.2, 0.25) is 5.02 Å². The van der Waals surface area contributed by atoms with Gasteiger partial charge in [0, 0.05) is 23.8 Å². The third kappa shape index (κ3) is 1.92. The van der Waals surface area contributed by atoms with Gasteiger partial charge in [0.15, 0.2) is 0 Å². The Kier molecular flexibility index (Phi) is 2.66. The molecule has 0 saturated carbocycles. The van der Waals surface area contributed by atoms with Gasteiger partial charge < -0.3 is 9.67 Å². The van der Waals surface area contributed by atoms with Gasteiger partial charge in [-0.1, -0.05) is 23.7 Å². The second-order valence-corrected chi connectivity index (χ2v) is 3.81. The molecular formula is C11H9ClN2O2. The van der Waals surface area contributed by atoms with Crippen LogP contribution in [-0.2, 0) is 7.05 Å². The fourth-order valence-electron chi connectivity index (χ4n) is 1.45. The third-order valence-corrected chi connectivity index (χ3v) is 2.42. The van der Waals surface area contributed by atoms with Crippen LogP contribution in [0.1, 0.15) is 10.6 Å². The summed E-state index contributed by atoms with van der Waals surface area (Å²) < 4.78 is 1.47. The average Bonchev–Trinajstić information content (AvgIpc) is 2.60. The molecule has 1 aromatic heterocycles. The van der Waals surface area contributed by atoms with Crippen LogP contribution in [-0.4, -0.2) is 20.6 Å². The van der Waals surface area contributed by atoms with Gasteiger partial charge in [-0.2, -0.15) is 0 Å². The molecule has 2 aromatic rings. The SMILES string of the molecule is Cn1cc(-c2cccc(Cl)c2)nc1C(=O)O. The van der Waals surface area contributed by atoms with Crippen molar-refractivity contribution in [3.05, 3.63) is 41.3 Å². The Morgan fingerprint density at radius 3 is 2.81 bits per heavy atom. The zero-order chi connectivity index (χ0) is 11.7. The number of imidazole rings is 1. The molecule has 0 spiro atoms. The van der Waals surface area contributed by atoms with Crippen LogP contribution in [0, 0.1) is 0 Å². The number of halogens is 1. The zero-order valence-corrected chi connectivity index (χ0v) is 9.27. The molecule has 0 radical (unpaired) electrons. The number of nitrogens with zero attached hydrogens (tertiary/aromatic N) is 2. The topological polar surface area (TPSA) is 55.1 Å². The van der Waals surface area contributed by atoms with Gasteiger partial charge in [-0.15, -0.1) is 0 Å². The number of rotatable bonds is 2. The van der Waals surface area contributed by atoms with Crippen molar-refractivity contribution in [2.24, 2.45) is 7.05 Å². The molecule has 0 aliphatic carbocycles. The number of aromatic nitrogens is 2. The van der Waals surface area contributed by atoms with Crippen molar-refractivity contribution in [2.45, 2.75) is 0 Å². The molecule has 1 aromatic carbocycles. The number of aromatic carboxylic acids is 1. The molecule has 2 rings (SSSR count). The lowest BCUT2D eigenvalue weighted by Crippen LogP contribution is -2.04. The van der Waals surface area contributed by atoms with Gasteiger partial charge in [0.25, 0.3) is 0 Å². The Morgan fingerprint density at radius 1 is 1.50 bits per heavy atom. The first-order valence-electron chi connectivity index (χ1n) is 4.60. The van der Waals surface area contributed by atoms with Crippen LogP contribution < -0.4 is 0 Å². The number of carboxylic acids is 1. The van der Waals surface area contributed by atoms with E-state index in [1.165, 1.54) is 4.57 Å². The van der Waals surface area contributed by atoms with Crippen molar-refractivity contribution < 1.29 is 9.90 Å². The Bertz CT molecular complexity index is 549. The molecule has 0 aliphatic heterocycles. The van der Waals surface area contributed by atoms with Crippen molar-refractivity contribution in [1.82, 2.24) is 9.55 Å². The number of hydrogen-bond donors (Lipinski definition) is 1. The first-order valence-corrected chi connectivity index (χ1v) is 4.98. The number of benzene rings is 1. The van der Waals surface area contributed by atoms with Crippen LogP contribution in [0.15, 0.2) is 30.5 Å². The predicted octanol–water partition coefficient (Wildman–Crippen LogP) is 2.44. The van der Waals surface area contributed by atoms with Gasteiger partial charge in [0.1, 0.15) is 0 Å². The quantitative estimate of drug-likeness (QED) is 0.871. The average molecular weight is 237 g/mol. The fraction of sp³-hybridized carbons (Fsp3) is 0.0909. The van der Waals surface area contributed by atoms with Crippen molar-refractivity contribution in [3.63, 3.8) is 0 Å². The summed E-state index contributed by atoms with van der Waals surface area (Å²) in [5.41, 5.74) is 1.40. The second-order valence-electron chi connectivity index (χ2n) is 3.38. The van der Waals surface area contributed by atoms with Crippen molar-refractivity contribution in [2.75, 3.05) is 0 Å². The second kappa shape index (κ2) is 3.98. The van der Waals surface area contributed by atoms with Crippen LogP contribution in [0.4, 0.5) is 0 Å². The third-order valence-electron chi connectivity index (χ3n) is 2.19. The van der Waals surface area contributed by atoms with Gasteiger partial charge in [-0.25, -0.2) is 9.78 Å². The molecule has 0 amide bonds. The van der Waals surface area contributed by atoms with Gasteiger partial charge in [-0.05, 0) is 12.1 Å². The normalized spacial score (nSPS) is 10.4. The van der Waals surface area contributed by atoms with E-state index < -0.39 is 5.97 Å². The molecule has 5 heteroatoms. The summed E-state index contributed by atoms with van der Waals surface area (Å²) in [6.07, 6.45) is 1.66. The monoisotopic (exact) mass is 236 g/mol. The van der Waals surface area contributed by atoms with E-state index in [1.807, 2.05) is 6.07 Å². The Balaban J connectivity index is 2.49. The maximum absolute atomic E-state index is 10.8. The summed E-state index contributed by atoms with van der Waals surface area (Å²) in [4.78, 5) is 14.8. The molecular weight excluding hydrogens is 228 g/mol. The molecule has 0 unspecified atom stereocenters.